The number of hydrogen-bond donors (Lipinski definition) is 3. The maximum atomic E-state index is 12.3. The molecule has 0 heterocycles. The average Bonchev–Trinajstić information content (AvgIpc) is 2.87. The first-order valence-electron chi connectivity index (χ1n) is 10.5. The van der Waals surface area contributed by atoms with Crippen molar-refractivity contribution in [2.75, 3.05) is 5.32 Å². The van der Waals surface area contributed by atoms with Crippen LogP contribution in [-0.4, -0.2) is 23.7 Å². The summed E-state index contributed by atoms with van der Waals surface area (Å²) in [4.78, 5) is 48.1. The lowest BCUT2D eigenvalue weighted by atomic mass is 10.2. The van der Waals surface area contributed by atoms with Gasteiger partial charge in [0.15, 0.2) is 0 Å². The van der Waals surface area contributed by atoms with E-state index >= 15 is 0 Å². The summed E-state index contributed by atoms with van der Waals surface area (Å²) in [5.74, 6) is -1.46. The molecule has 3 aromatic rings. The number of ether oxygens (including phenoxy) is 1. The summed E-state index contributed by atoms with van der Waals surface area (Å²) in [7, 11) is 0. The Hall–Kier alpha value is -4.72. The van der Waals surface area contributed by atoms with Crippen LogP contribution in [0.1, 0.15) is 39.6 Å². The molecule has 0 fully saturated rings. The number of carbonyl (C=O) groups is 4. The van der Waals surface area contributed by atoms with Crippen molar-refractivity contribution in [3.8, 4) is 5.75 Å². The number of para-hydroxylation sites is 1. The molecular weight excluding hydrogens is 434 g/mol. The molecule has 3 amide bonds. The second-order valence-electron chi connectivity index (χ2n) is 7.05. The van der Waals surface area contributed by atoms with Crippen molar-refractivity contribution in [2.45, 2.75) is 13.3 Å². The van der Waals surface area contributed by atoms with Crippen molar-refractivity contribution >= 4 is 35.5 Å². The van der Waals surface area contributed by atoms with Gasteiger partial charge in [0, 0.05) is 29.3 Å². The summed E-state index contributed by atoms with van der Waals surface area (Å²) >= 11 is 0. The first-order chi connectivity index (χ1) is 16.5. The number of esters is 1. The lowest BCUT2D eigenvalue weighted by Gasteiger charge is -2.08. The first-order valence-corrected chi connectivity index (χ1v) is 10.5. The van der Waals surface area contributed by atoms with Gasteiger partial charge in [-0.05, 0) is 48.5 Å². The van der Waals surface area contributed by atoms with Crippen molar-refractivity contribution in [1.29, 1.82) is 0 Å². The van der Waals surface area contributed by atoms with Crippen LogP contribution in [-0.2, 0) is 9.59 Å². The molecule has 0 atom stereocenters. The number of nitrogens with one attached hydrogen (secondary N) is 3. The molecule has 172 valence electrons. The molecule has 0 unspecified atom stereocenters. The number of rotatable bonds is 7. The second kappa shape index (κ2) is 11.8. The molecule has 0 saturated heterocycles. The van der Waals surface area contributed by atoms with E-state index in [1.54, 1.807) is 73.7 Å². The number of hydrazine groups is 1. The SMILES string of the molecule is CCC(=O)Nc1ccc(C(=O)NNC(=O)/C=C/c2ccccc2OC(=O)c2ccccc2)cc1. The first kappa shape index (κ1) is 23.9. The van der Waals surface area contributed by atoms with E-state index in [4.69, 9.17) is 4.74 Å². The van der Waals surface area contributed by atoms with Crippen molar-refractivity contribution in [3.63, 3.8) is 0 Å². The van der Waals surface area contributed by atoms with E-state index in [0.717, 1.165) is 0 Å². The van der Waals surface area contributed by atoms with Crippen LogP contribution in [0.25, 0.3) is 6.08 Å². The number of amides is 3. The molecule has 0 aliphatic carbocycles. The van der Waals surface area contributed by atoms with Crippen molar-refractivity contribution in [2.24, 2.45) is 0 Å². The van der Waals surface area contributed by atoms with Crippen LogP contribution in [0, 0.1) is 0 Å². The monoisotopic (exact) mass is 457 g/mol. The highest BCUT2D eigenvalue weighted by Gasteiger charge is 2.11. The maximum Gasteiger partial charge on any atom is 0.343 e. The van der Waals surface area contributed by atoms with Gasteiger partial charge in [-0.2, -0.15) is 0 Å². The Morgan fingerprint density at radius 1 is 0.794 bits per heavy atom. The molecule has 0 spiro atoms. The third kappa shape index (κ3) is 6.89. The second-order valence-corrected chi connectivity index (χ2v) is 7.05. The number of hydrogen-bond acceptors (Lipinski definition) is 5. The summed E-state index contributed by atoms with van der Waals surface area (Å²) in [5, 5.41) is 2.68. The van der Waals surface area contributed by atoms with Crippen LogP contribution >= 0.6 is 0 Å². The molecule has 8 heteroatoms. The van der Waals surface area contributed by atoms with Crippen molar-refractivity contribution in [3.05, 3.63) is 102 Å². The zero-order chi connectivity index (χ0) is 24.3. The third-order valence-electron chi connectivity index (χ3n) is 4.60. The fourth-order valence-electron chi connectivity index (χ4n) is 2.80. The van der Waals surface area contributed by atoms with Gasteiger partial charge in [0.2, 0.25) is 5.91 Å². The summed E-state index contributed by atoms with van der Waals surface area (Å²) in [6.07, 6.45) is 3.03. The summed E-state index contributed by atoms with van der Waals surface area (Å²) in [5.41, 5.74) is 6.39. The highest BCUT2D eigenvalue weighted by molar-refractivity contribution is 5.99. The predicted molar refractivity (Wildman–Crippen MR) is 128 cm³/mol. The zero-order valence-corrected chi connectivity index (χ0v) is 18.4. The predicted octanol–water partition coefficient (Wildman–Crippen LogP) is 3.73. The summed E-state index contributed by atoms with van der Waals surface area (Å²) in [6.45, 7) is 1.74. The molecule has 0 aromatic heterocycles. The standard InChI is InChI=1S/C26H23N3O5/c1-2-23(30)27-21-15-12-19(13-16-21)25(32)29-28-24(31)17-14-18-8-6-7-11-22(18)34-26(33)20-9-4-3-5-10-20/h3-17H,2H2,1H3,(H,27,30)(H,28,31)(H,29,32)/b17-14+. The Bertz CT molecular complexity index is 1200. The number of carbonyl (C=O) groups excluding carboxylic acids is 4. The Labute approximate surface area is 196 Å². The Balaban J connectivity index is 1.55. The Morgan fingerprint density at radius 3 is 2.18 bits per heavy atom. The smallest absolute Gasteiger partial charge is 0.343 e. The van der Waals surface area contributed by atoms with Gasteiger partial charge in [-0.15, -0.1) is 0 Å². The van der Waals surface area contributed by atoms with Crippen LogP contribution in [0.4, 0.5) is 5.69 Å². The molecule has 0 aliphatic heterocycles. The Morgan fingerprint density at radius 2 is 1.47 bits per heavy atom. The average molecular weight is 457 g/mol. The van der Waals surface area contributed by atoms with Gasteiger partial charge in [-0.25, -0.2) is 4.79 Å². The quantitative estimate of drug-likeness (QED) is 0.217. The van der Waals surface area contributed by atoms with Crippen LogP contribution in [0.2, 0.25) is 0 Å². The molecule has 34 heavy (non-hydrogen) atoms. The topological polar surface area (TPSA) is 114 Å². The molecule has 0 saturated carbocycles. The molecule has 0 bridgehead atoms. The minimum absolute atomic E-state index is 0.132. The molecule has 3 N–H and O–H groups in total. The van der Waals surface area contributed by atoms with Gasteiger partial charge in [0.05, 0.1) is 5.56 Å². The van der Waals surface area contributed by atoms with Gasteiger partial charge in [-0.3, -0.25) is 25.2 Å². The molecular formula is C26H23N3O5. The lowest BCUT2D eigenvalue weighted by Crippen LogP contribution is -2.40. The fraction of sp³-hybridized carbons (Fsp3) is 0.0769. The van der Waals surface area contributed by atoms with Gasteiger partial charge in [-0.1, -0.05) is 43.3 Å². The van der Waals surface area contributed by atoms with Crippen molar-refractivity contribution in [1.82, 2.24) is 10.9 Å². The van der Waals surface area contributed by atoms with Gasteiger partial charge >= 0.3 is 5.97 Å². The molecule has 8 nitrogen and oxygen atoms in total. The molecule has 3 aromatic carbocycles. The molecule has 0 radical (unpaired) electrons. The summed E-state index contributed by atoms with van der Waals surface area (Å²) < 4.78 is 5.44. The highest BCUT2D eigenvalue weighted by Crippen LogP contribution is 2.21. The summed E-state index contributed by atoms with van der Waals surface area (Å²) in [6, 6.07) is 21.6. The largest absolute Gasteiger partial charge is 0.422 e. The normalized spacial score (nSPS) is 10.4. The minimum Gasteiger partial charge on any atom is -0.422 e. The van der Waals surface area contributed by atoms with Gasteiger partial charge < -0.3 is 10.1 Å². The zero-order valence-electron chi connectivity index (χ0n) is 18.4. The van der Waals surface area contributed by atoms with E-state index in [1.165, 1.54) is 24.3 Å². The van der Waals surface area contributed by atoms with Crippen LogP contribution in [0.5, 0.6) is 5.75 Å². The van der Waals surface area contributed by atoms with E-state index in [-0.39, 0.29) is 5.91 Å². The van der Waals surface area contributed by atoms with E-state index in [9.17, 15) is 19.2 Å². The van der Waals surface area contributed by atoms with Gasteiger partial charge in [0.25, 0.3) is 11.8 Å². The molecule has 0 aliphatic rings. The van der Waals surface area contributed by atoms with Crippen molar-refractivity contribution < 1.29 is 23.9 Å². The number of benzene rings is 3. The van der Waals surface area contributed by atoms with E-state index in [0.29, 0.717) is 34.5 Å². The van der Waals surface area contributed by atoms with Crippen LogP contribution in [0.3, 0.4) is 0 Å². The fourth-order valence-corrected chi connectivity index (χ4v) is 2.80. The van der Waals surface area contributed by atoms with Crippen LogP contribution in [0.15, 0.2) is 84.9 Å². The maximum absolute atomic E-state index is 12.3. The highest BCUT2D eigenvalue weighted by atomic mass is 16.5. The minimum atomic E-state index is -0.579. The van der Waals surface area contributed by atoms with E-state index < -0.39 is 17.8 Å². The van der Waals surface area contributed by atoms with Gasteiger partial charge in [0.1, 0.15) is 5.75 Å². The van der Waals surface area contributed by atoms with E-state index in [2.05, 4.69) is 16.2 Å². The third-order valence-corrected chi connectivity index (χ3v) is 4.60. The number of anilines is 1. The van der Waals surface area contributed by atoms with Crippen LogP contribution < -0.4 is 20.9 Å². The van der Waals surface area contributed by atoms with E-state index in [1.807, 2.05) is 0 Å². The lowest BCUT2D eigenvalue weighted by molar-refractivity contribution is -0.117. The molecule has 3 rings (SSSR count). The Kier molecular flexibility index (Phi) is 8.29.